The Hall–Kier alpha value is -0.790. The molecular formula is C6H10N2. The molecule has 0 aromatic heterocycles. The third-order valence-corrected chi connectivity index (χ3v) is 1.11. The standard InChI is InChI=1S/C6H10N2/c1-5-2-6(7)4-8-3-5/h2,4-5H,3,7H2,1H3. The molecule has 8 heavy (non-hydrogen) atoms. The number of hydrogen-bond donors (Lipinski definition) is 1. The Balaban J connectivity index is 2.63. The molecule has 0 bridgehead atoms. The molecule has 0 aliphatic carbocycles. The third kappa shape index (κ3) is 1.09. The van der Waals surface area contributed by atoms with E-state index in [2.05, 4.69) is 11.9 Å². The fourth-order valence-corrected chi connectivity index (χ4v) is 0.749. The number of dihydropyridines is 1. The van der Waals surface area contributed by atoms with Crippen LogP contribution in [0.25, 0.3) is 0 Å². The van der Waals surface area contributed by atoms with Crippen molar-refractivity contribution >= 4 is 6.21 Å². The second kappa shape index (κ2) is 1.99. The van der Waals surface area contributed by atoms with Crippen LogP contribution in [0.15, 0.2) is 16.8 Å². The summed E-state index contributed by atoms with van der Waals surface area (Å²) in [4.78, 5) is 4.02. The molecule has 0 fully saturated rings. The predicted molar refractivity (Wildman–Crippen MR) is 34.8 cm³/mol. The maximum atomic E-state index is 5.44. The Morgan fingerprint density at radius 2 is 2.62 bits per heavy atom. The number of allylic oxidation sites excluding steroid dienone is 1. The minimum atomic E-state index is 0.528. The molecule has 1 unspecified atom stereocenters. The maximum absolute atomic E-state index is 5.44. The van der Waals surface area contributed by atoms with E-state index in [4.69, 9.17) is 5.73 Å². The van der Waals surface area contributed by atoms with Gasteiger partial charge in [-0.2, -0.15) is 0 Å². The molecule has 44 valence electrons. The van der Waals surface area contributed by atoms with E-state index < -0.39 is 0 Å². The molecular weight excluding hydrogens is 100 g/mol. The van der Waals surface area contributed by atoms with Crippen molar-refractivity contribution in [1.82, 2.24) is 0 Å². The van der Waals surface area contributed by atoms with Crippen LogP contribution in [0.4, 0.5) is 0 Å². The summed E-state index contributed by atoms with van der Waals surface area (Å²) in [6.07, 6.45) is 3.73. The van der Waals surface area contributed by atoms with Gasteiger partial charge in [0.2, 0.25) is 0 Å². The summed E-state index contributed by atoms with van der Waals surface area (Å²) < 4.78 is 0. The summed E-state index contributed by atoms with van der Waals surface area (Å²) in [5, 5.41) is 0. The van der Waals surface area contributed by atoms with Gasteiger partial charge in [-0.05, 0) is 5.92 Å². The third-order valence-electron chi connectivity index (χ3n) is 1.11. The maximum Gasteiger partial charge on any atom is 0.0458 e. The number of hydrogen-bond acceptors (Lipinski definition) is 2. The van der Waals surface area contributed by atoms with E-state index in [1.807, 2.05) is 6.08 Å². The Labute approximate surface area is 49.1 Å². The van der Waals surface area contributed by atoms with Crippen LogP contribution in [-0.4, -0.2) is 12.8 Å². The Morgan fingerprint density at radius 3 is 3.00 bits per heavy atom. The van der Waals surface area contributed by atoms with Gasteiger partial charge >= 0.3 is 0 Å². The lowest BCUT2D eigenvalue weighted by molar-refractivity contribution is 0.729. The first-order chi connectivity index (χ1) is 3.79. The van der Waals surface area contributed by atoms with Crippen molar-refractivity contribution in [2.75, 3.05) is 6.54 Å². The van der Waals surface area contributed by atoms with E-state index in [1.54, 1.807) is 6.21 Å². The van der Waals surface area contributed by atoms with Crippen LogP contribution in [0.1, 0.15) is 6.92 Å². The van der Waals surface area contributed by atoms with Crippen molar-refractivity contribution in [2.24, 2.45) is 16.6 Å². The Kier molecular flexibility index (Phi) is 1.33. The number of rotatable bonds is 0. The molecule has 0 amide bonds. The van der Waals surface area contributed by atoms with Crippen molar-refractivity contribution in [3.63, 3.8) is 0 Å². The molecule has 2 N–H and O–H groups in total. The fraction of sp³-hybridized carbons (Fsp3) is 0.500. The normalized spacial score (nSPS) is 27.6. The highest BCUT2D eigenvalue weighted by Gasteiger charge is 1.99. The molecule has 1 atom stereocenters. The smallest absolute Gasteiger partial charge is 0.0458 e. The van der Waals surface area contributed by atoms with E-state index >= 15 is 0 Å². The topological polar surface area (TPSA) is 38.4 Å². The first kappa shape index (κ1) is 5.35. The van der Waals surface area contributed by atoms with Gasteiger partial charge < -0.3 is 5.73 Å². The highest BCUT2D eigenvalue weighted by atomic mass is 14.8. The van der Waals surface area contributed by atoms with Crippen molar-refractivity contribution < 1.29 is 0 Å². The summed E-state index contributed by atoms with van der Waals surface area (Å²) in [6, 6.07) is 0. The van der Waals surface area contributed by atoms with Crippen LogP contribution < -0.4 is 5.73 Å². The zero-order chi connectivity index (χ0) is 5.98. The lowest BCUT2D eigenvalue weighted by Gasteiger charge is -2.06. The van der Waals surface area contributed by atoms with E-state index in [9.17, 15) is 0 Å². The highest BCUT2D eigenvalue weighted by Crippen LogP contribution is 2.02. The van der Waals surface area contributed by atoms with Crippen LogP contribution >= 0.6 is 0 Å². The molecule has 0 aromatic rings. The van der Waals surface area contributed by atoms with Crippen LogP contribution in [-0.2, 0) is 0 Å². The van der Waals surface area contributed by atoms with Gasteiger partial charge in [0.05, 0.1) is 0 Å². The average Bonchev–Trinajstić information content (AvgIpc) is 1.64. The summed E-state index contributed by atoms with van der Waals surface area (Å²) in [5.41, 5.74) is 6.23. The largest absolute Gasteiger partial charge is 0.398 e. The fourth-order valence-electron chi connectivity index (χ4n) is 0.749. The zero-order valence-electron chi connectivity index (χ0n) is 4.96. The molecule has 2 nitrogen and oxygen atoms in total. The van der Waals surface area contributed by atoms with E-state index in [-0.39, 0.29) is 0 Å². The van der Waals surface area contributed by atoms with Crippen molar-refractivity contribution in [3.8, 4) is 0 Å². The quantitative estimate of drug-likeness (QED) is 0.486. The second-order valence-corrected chi connectivity index (χ2v) is 2.14. The Morgan fingerprint density at radius 1 is 1.88 bits per heavy atom. The molecule has 1 rings (SSSR count). The molecule has 0 aromatic carbocycles. The molecule has 1 aliphatic heterocycles. The van der Waals surface area contributed by atoms with Gasteiger partial charge in [0, 0.05) is 18.5 Å². The van der Waals surface area contributed by atoms with Crippen molar-refractivity contribution in [2.45, 2.75) is 6.92 Å². The van der Waals surface area contributed by atoms with E-state index in [0.29, 0.717) is 5.92 Å². The molecule has 2 heteroatoms. The molecule has 0 spiro atoms. The Bertz CT molecular complexity index is 135. The van der Waals surface area contributed by atoms with Gasteiger partial charge in [-0.15, -0.1) is 0 Å². The summed E-state index contributed by atoms with van der Waals surface area (Å²) >= 11 is 0. The lowest BCUT2D eigenvalue weighted by atomic mass is 10.1. The molecule has 0 saturated carbocycles. The summed E-state index contributed by atoms with van der Waals surface area (Å²) in [5.74, 6) is 0.528. The van der Waals surface area contributed by atoms with Crippen LogP contribution in [0.3, 0.4) is 0 Å². The SMILES string of the molecule is CC1C=C(N)C=NC1. The molecule has 1 aliphatic rings. The monoisotopic (exact) mass is 110 g/mol. The summed E-state index contributed by atoms with van der Waals surface area (Å²) in [6.45, 7) is 2.99. The van der Waals surface area contributed by atoms with Gasteiger partial charge in [0.25, 0.3) is 0 Å². The van der Waals surface area contributed by atoms with Gasteiger partial charge in [0.1, 0.15) is 0 Å². The molecule has 1 heterocycles. The van der Waals surface area contributed by atoms with Crippen LogP contribution in [0.5, 0.6) is 0 Å². The molecule has 0 saturated heterocycles. The van der Waals surface area contributed by atoms with Crippen molar-refractivity contribution in [3.05, 3.63) is 11.8 Å². The lowest BCUT2D eigenvalue weighted by Crippen LogP contribution is -2.09. The highest BCUT2D eigenvalue weighted by molar-refractivity contribution is 5.77. The molecule has 0 radical (unpaired) electrons. The first-order valence-electron chi connectivity index (χ1n) is 2.76. The van der Waals surface area contributed by atoms with Crippen molar-refractivity contribution in [1.29, 1.82) is 0 Å². The van der Waals surface area contributed by atoms with Gasteiger partial charge in [-0.1, -0.05) is 13.0 Å². The van der Waals surface area contributed by atoms with Crippen LogP contribution in [0, 0.1) is 5.92 Å². The minimum absolute atomic E-state index is 0.528. The van der Waals surface area contributed by atoms with E-state index in [0.717, 1.165) is 12.2 Å². The average molecular weight is 110 g/mol. The number of nitrogens with zero attached hydrogens (tertiary/aromatic N) is 1. The number of aliphatic imine (C=N–C) groups is 1. The van der Waals surface area contributed by atoms with Crippen LogP contribution in [0.2, 0.25) is 0 Å². The second-order valence-electron chi connectivity index (χ2n) is 2.14. The summed E-state index contributed by atoms with van der Waals surface area (Å²) in [7, 11) is 0. The number of nitrogens with two attached hydrogens (primary N) is 1. The van der Waals surface area contributed by atoms with Gasteiger partial charge in [-0.3, -0.25) is 4.99 Å². The van der Waals surface area contributed by atoms with E-state index in [1.165, 1.54) is 0 Å². The van der Waals surface area contributed by atoms with Gasteiger partial charge in [-0.25, -0.2) is 0 Å². The zero-order valence-corrected chi connectivity index (χ0v) is 4.96. The van der Waals surface area contributed by atoms with Gasteiger partial charge in [0.15, 0.2) is 0 Å². The minimum Gasteiger partial charge on any atom is -0.398 e. The first-order valence-corrected chi connectivity index (χ1v) is 2.76. The predicted octanol–water partition coefficient (Wildman–Crippen LogP) is 0.550.